The van der Waals surface area contributed by atoms with Gasteiger partial charge in [-0.2, -0.15) is 23.4 Å². The van der Waals surface area contributed by atoms with E-state index in [9.17, 15) is 18.0 Å². The zero-order valence-corrected chi connectivity index (χ0v) is 15.7. The molecule has 0 radical (unpaired) electrons. The first-order valence-electron chi connectivity index (χ1n) is 8.68. The number of benzene rings is 1. The largest absolute Gasteiger partial charge is 0.406 e. The minimum atomic E-state index is -4.55. The van der Waals surface area contributed by atoms with Crippen molar-refractivity contribution in [3.05, 3.63) is 58.7 Å². The lowest BCUT2D eigenvalue weighted by Gasteiger charge is -2.23. The van der Waals surface area contributed by atoms with Crippen LogP contribution in [0.1, 0.15) is 28.3 Å². The molecule has 10 heteroatoms. The normalized spacial score (nSPS) is 11.4. The fraction of sp³-hybridized carbons (Fsp3) is 0.316. The Hall–Kier alpha value is -3.48. The number of hydrogen-bond donors (Lipinski definition) is 0. The first kappa shape index (κ1) is 20.3. The molecular weight excluding hydrogens is 385 g/mol. The van der Waals surface area contributed by atoms with Crippen LogP contribution in [0.2, 0.25) is 0 Å². The van der Waals surface area contributed by atoms with Gasteiger partial charge in [0.05, 0.1) is 18.1 Å². The summed E-state index contributed by atoms with van der Waals surface area (Å²) in [7, 11) is 0. The molecule has 150 valence electrons. The number of alkyl halides is 3. The number of carbonyl (C=O) groups is 1. The SMILES string of the molecule is Cc1cc(C)n2nc(CC(=O)N(Cc3ccc(C#N)cc3)CC(F)(F)F)nc2n1. The molecule has 0 aliphatic heterocycles. The molecule has 0 bridgehead atoms. The zero-order chi connectivity index (χ0) is 21.2. The highest BCUT2D eigenvalue weighted by Crippen LogP contribution is 2.19. The molecule has 2 aromatic heterocycles. The number of amides is 1. The van der Waals surface area contributed by atoms with Crippen molar-refractivity contribution < 1.29 is 18.0 Å². The van der Waals surface area contributed by atoms with E-state index in [-0.39, 0.29) is 18.8 Å². The van der Waals surface area contributed by atoms with Gasteiger partial charge < -0.3 is 4.90 Å². The third-order valence-electron chi connectivity index (χ3n) is 4.15. The summed E-state index contributed by atoms with van der Waals surface area (Å²) >= 11 is 0. The number of rotatable bonds is 5. The summed E-state index contributed by atoms with van der Waals surface area (Å²) in [6, 6.07) is 9.75. The molecule has 0 aliphatic carbocycles. The summed E-state index contributed by atoms with van der Waals surface area (Å²) in [5.41, 5.74) is 2.34. The molecule has 0 N–H and O–H groups in total. The average molecular weight is 402 g/mol. The van der Waals surface area contributed by atoms with Gasteiger partial charge in [-0.25, -0.2) is 9.50 Å². The molecule has 3 aromatic rings. The number of aromatic nitrogens is 4. The van der Waals surface area contributed by atoms with Crippen molar-refractivity contribution in [1.82, 2.24) is 24.5 Å². The highest BCUT2D eigenvalue weighted by Gasteiger charge is 2.33. The van der Waals surface area contributed by atoms with Crippen LogP contribution in [0.4, 0.5) is 13.2 Å². The Morgan fingerprint density at radius 2 is 1.90 bits per heavy atom. The van der Waals surface area contributed by atoms with Crippen molar-refractivity contribution in [2.75, 3.05) is 6.54 Å². The van der Waals surface area contributed by atoms with Crippen LogP contribution in [0.25, 0.3) is 5.78 Å². The standard InChI is InChI=1S/C19H17F3N6O/c1-12-7-13(2)28-18(24-12)25-16(26-28)8-17(29)27(11-19(20,21)22)10-15-5-3-14(9-23)4-6-15/h3-7H,8,10-11H2,1-2H3. The summed E-state index contributed by atoms with van der Waals surface area (Å²) in [6.45, 7) is 1.95. The second-order valence-electron chi connectivity index (χ2n) is 6.63. The number of nitriles is 1. The lowest BCUT2D eigenvalue weighted by molar-refractivity contribution is -0.162. The monoisotopic (exact) mass is 402 g/mol. The minimum Gasteiger partial charge on any atom is -0.329 e. The van der Waals surface area contributed by atoms with E-state index < -0.39 is 18.6 Å². The molecule has 0 aliphatic rings. The zero-order valence-electron chi connectivity index (χ0n) is 15.7. The van der Waals surface area contributed by atoms with Crippen molar-refractivity contribution in [2.24, 2.45) is 0 Å². The number of fused-ring (bicyclic) bond motifs is 1. The number of aryl methyl sites for hydroxylation is 2. The van der Waals surface area contributed by atoms with Crippen LogP contribution in [0.5, 0.6) is 0 Å². The van der Waals surface area contributed by atoms with E-state index in [4.69, 9.17) is 5.26 Å². The smallest absolute Gasteiger partial charge is 0.329 e. The maximum Gasteiger partial charge on any atom is 0.406 e. The molecule has 0 fully saturated rings. The molecule has 0 spiro atoms. The predicted octanol–water partition coefficient (Wildman–Crippen LogP) is 2.75. The number of nitrogens with zero attached hydrogens (tertiary/aromatic N) is 6. The lowest BCUT2D eigenvalue weighted by atomic mass is 10.1. The van der Waals surface area contributed by atoms with Crippen molar-refractivity contribution in [3.63, 3.8) is 0 Å². The van der Waals surface area contributed by atoms with Gasteiger partial charge in [-0.15, -0.1) is 5.10 Å². The Balaban J connectivity index is 1.82. The van der Waals surface area contributed by atoms with Gasteiger partial charge in [0.15, 0.2) is 5.82 Å². The molecule has 0 saturated carbocycles. The van der Waals surface area contributed by atoms with Gasteiger partial charge in [0.2, 0.25) is 5.91 Å². The van der Waals surface area contributed by atoms with Crippen LogP contribution in [0, 0.1) is 25.2 Å². The Bertz CT molecular complexity index is 1080. The average Bonchev–Trinajstić information content (AvgIpc) is 3.03. The van der Waals surface area contributed by atoms with Crippen LogP contribution in [-0.2, 0) is 17.8 Å². The van der Waals surface area contributed by atoms with Gasteiger partial charge in [-0.1, -0.05) is 12.1 Å². The van der Waals surface area contributed by atoms with Crippen LogP contribution >= 0.6 is 0 Å². The van der Waals surface area contributed by atoms with Crippen LogP contribution in [0.3, 0.4) is 0 Å². The summed E-state index contributed by atoms with van der Waals surface area (Å²) in [4.78, 5) is 21.7. The Kier molecular flexibility index (Phi) is 5.50. The topological polar surface area (TPSA) is 87.2 Å². The quantitative estimate of drug-likeness (QED) is 0.655. The third kappa shape index (κ3) is 5.07. The van der Waals surface area contributed by atoms with Gasteiger partial charge in [0.1, 0.15) is 6.54 Å². The predicted molar refractivity (Wildman–Crippen MR) is 96.6 cm³/mol. The summed E-state index contributed by atoms with van der Waals surface area (Å²) < 4.78 is 40.5. The van der Waals surface area contributed by atoms with E-state index in [1.54, 1.807) is 19.9 Å². The van der Waals surface area contributed by atoms with Crippen molar-refractivity contribution in [2.45, 2.75) is 33.0 Å². The van der Waals surface area contributed by atoms with E-state index in [2.05, 4.69) is 15.1 Å². The van der Waals surface area contributed by atoms with Crippen LogP contribution in [-0.4, -0.2) is 43.1 Å². The van der Waals surface area contributed by atoms with Crippen molar-refractivity contribution >= 4 is 11.7 Å². The fourth-order valence-corrected chi connectivity index (χ4v) is 2.88. The molecule has 29 heavy (non-hydrogen) atoms. The molecule has 1 amide bonds. The van der Waals surface area contributed by atoms with E-state index in [0.29, 0.717) is 21.8 Å². The lowest BCUT2D eigenvalue weighted by Crippen LogP contribution is -2.39. The first-order chi connectivity index (χ1) is 13.6. The second kappa shape index (κ2) is 7.87. The fourth-order valence-electron chi connectivity index (χ4n) is 2.88. The summed E-state index contributed by atoms with van der Waals surface area (Å²) in [5.74, 6) is -0.361. The van der Waals surface area contributed by atoms with E-state index in [1.165, 1.54) is 28.8 Å². The molecule has 7 nitrogen and oxygen atoms in total. The van der Waals surface area contributed by atoms with Crippen LogP contribution < -0.4 is 0 Å². The molecule has 1 aromatic carbocycles. The maximum atomic E-state index is 13.0. The molecule has 0 unspecified atom stereocenters. The molecule has 0 atom stereocenters. The Labute approximate surface area is 164 Å². The number of carbonyl (C=O) groups excluding carboxylic acids is 1. The van der Waals surface area contributed by atoms with Gasteiger partial charge in [0.25, 0.3) is 5.78 Å². The molecule has 0 saturated heterocycles. The minimum absolute atomic E-state index is 0.100. The Morgan fingerprint density at radius 3 is 2.52 bits per heavy atom. The molecule has 3 rings (SSSR count). The van der Waals surface area contributed by atoms with Crippen molar-refractivity contribution in [1.29, 1.82) is 5.26 Å². The molecule has 2 heterocycles. The number of halogens is 3. The third-order valence-corrected chi connectivity index (χ3v) is 4.15. The highest BCUT2D eigenvalue weighted by molar-refractivity contribution is 5.78. The van der Waals surface area contributed by atoms with E-state index >= 15 is 0 Å². The number of hydrogen-bond acceptors (Lipinski definition) is 5. The maximum absolute atomic E-state index is 13.0. The highest BCUT2D eigenvalue weighted by atomic mass is 19.4. The van der Waals surface area contributed by atoms with E-state index in [0.717, 1.165) is 11.4 Å². The molecular formula is C19H17F3N6O. The summed E-state index contributed by atoms with van der Waals surface area (Å²) in [6.07, 6.45) is -4.93. The van der Waals surface area contributed by atoms with Gasteiger partial charge in [0, 0.05) is 17.9 Å². The van der Waals surface area contributed by atoms with Gasteiger partial charge in [-0.3, -0.25) is 4.79 Å². The second-order valence-corrected chi connectivity index (χ2v) is 6.63. The van der Waals surface area contributed by atoms with Crippen LogP contribution in [0.15, 0.2) is 30.3 Å². The van der Waals surface area contributed by atoms with Gasteiger partial charge in [-0.05, 0) is 37.6 Å². The van der Waals surface area contributed by atoms with Gasteiger partial charge >= 0.3 is 6.18 Å². The first-order valence-corrected chi connectivity index (χ1v) is 8.68. The Morgan fingerprint density at radius 1 is 1.21 bits per heavy atom. The van der Waals surface area contributed by atoms with Crippen molar-refractivity contribution in [3.8, 4) is 6.07 Å². The van der Waals surface area contributed by atoms with E-state index in [1.807, 2.05) is 6.07 Å². The summed E-state index contributed by atoms with van der Waals surface area (Å²) in [5, 5.41) is 13.0.